The van der Waals surface area contributed by atoms with Gasteiger partial charge in [-0.25, -0.2) is 0 Å². The molecule has 0 bridgehead atoms. The first-order valence-electron chi connectivity index (χ1n) is 6.23. The van der Waals surface area contributed by atoms with Gasteiger partial charge in [0.2, 0.25) is 5.91 Å². The normalized spacial score (nSPS) is 11.2. The number of halogens is 3. The molecule has 0 aliphatic heterocycles. The Morgan fingerprint density at radius 2 is 1.90 bits per heavy atom. The topological polar surface area (TPSA) is 50.4 Å². The molecule has 112 valence electrons. The fourth-order valence-corrected chi connectivity index (χ4v) is 1.48. The van der Waals surface area contributed by atoms with Gasteiger partial charge in [-0.2, -0.15) is 0 Å². The predicted octanol–water partition coefficient (Wildman–Crippen LogP) is 2.20. The minimum Gasteiger partial charge on any atom is -0.406 e. The lowest BCUT2D eigenvalue weighted by Crippen LogP contribution is -2.27. The van der Waals surface area contributed by atoms with Gasteiger partial charge in [-0.1, -0.05) is 19.1 Å². The van der Waals surface area contributed by atoms with Gasteiger partial charge in [0.15, 0.2) is 0 Å². The molecule has 1 rings (SSSR count). The van der Waals surface area contributed by atoms with E-state index in [0.717, 1.165) is 6.54 Å². The van der Waals surface area contributed by atoms with E-state index in [1.54, 1.807) is 0 Å². The Balaban J connectivity index is 2.36. The van der Waals surface area contributed by atoms with Crippen LogP contribution in [0.25, 0.3) is 0 Å². The van der Waals surface area contributed by atoms with Crippen molar-refractivity contribution in [3.05, 3.63) is 29.8 Å². The monoisotopic (exact) mass is 290 g/mol. The fraction of sp³-hybridized carbons (Fsp3) is 0.462. The van der Waals surface area contributed by atoms with Gasteiger partial charge in [-0.3, -0.25) is 4.79 Å². The molecule has 1 aromatic rings. The maximum atomic E-state index is 12.0. The van der Waals surface area contributed by atoms with Crippen LogP contribution in [0.15, 0.2) is 24.3 Å². The van der Waals surface area contributed by atoms with Gasteiger partial charge in [-0.05, 0) is 24.2 Å². The van der Waals surface area contributed by atoms with Crippen molar-refractivity contribution in [2.45, 2.75) is 26.3 Å². The molecule has 1 amide bonds. The number of hydrogen-bond donors (Lipinski definition) is 2. The Kier molecular flexibility index (Phi) is 6.30. The van der Waals surface area contributed by atoms with Crippen molar-refractivity contribution >= 4 is 5.91 Å². The van der Waals surface area contributed by atoms with Crippen LogP contribution >= 0.6 is 0 Å². The number of amides is 1. The molecule has 2 N–H and O–H groups in total. The molecule has 20 heavy (non-hydrogen) atoms. The van der Waals surface area contributed by atoms with Crippen LogP contribution in [0.1, 0.15) is 18.9 Å². The summed E-state index contributed by atoms with van der Waals surface area (Å²) >= 11 is 0. The largest absolute Gasteiger partial charge is 0.573 e. The average molecular weight is 290 g/mol. The maximum Gasteiger partial charge on any atom is 0.573 e. The molecule has 0 heterocycles. The summed E-state index contributed by atoms with van der Waals surface area (Å²) in [5.74, 6) is -0.388. The Morgan fingerprint density at radius 1 is 1.25 bits per heavy atom. The van der Waals surface area contributed by atoms with E-state index in [-0.39, 0.29) is 18.2 Å². The standard InChI is InChI=1S/C13H17F3N2O2/c1-2-17-8-7-12(19)18-9-10-3-5-11(6-4-10)20-13(14,15)16/h3-6,17H,2,7-9H2,1H3,(H,18,19). The number of carbonyl (C=O) groups excluding carboxylic acids is 1. The number of hydrogen-bond acceptors (Lipinski definition) is 3. The first-order chi connectivity index (χ1) is 9.40. The van der Waals surface area contributed by atoms with Crippen LogP contribution in [0.3, 0.4) is 0 Å². The molecule has 7 heteroatoms. The zero-order valence-corrected chi connectivity index (χ0v) is 11.1. The molecule has 0 aliphatic rings. The van der Waals surface area contributed by atoms with E-state index < -0.39 is 6.36 Å². The van der Waals surface area contributed by atoms with E-state index in [9.17, 15) is 18.0 Å². The van der Waals surface area contributed by atoms with Crippen LogP contribution in [0, 0.1) is 0 Å². The van der Waals surface area contributed by atoms with Gasteiger partial charge in [0, 0.05) is 19.5 Å². The lowest BCUT2D eigenvalue weighted by molar-refractivity contribution is -0.274. The maximum absolute atomic E-state index is 12.0. The lowest BCUT2D eigenvalue weighted by Gasteiger charge is -2.10. The van der Waals surface area contributed by atoms with Gasteiger partial charge in [0.25, 0.3) is 0 Å². The molecular formula is C13H17F3N2O2. The summed E-state index contributed by atoms with van der Waals surface area (Å²) in [4.78, 5) is 11.4. The number of alkyl halides is 3. The van der Waals surface area contributed by atoms with E-state index >= 15 is 0 Å². The quantitative estimate of drug-likeness (QED) is 0.757. The first-order valence-corrected chi connectivity index (χ1v) is 6.23. The van der Waals surface area contributed by atoms with Crippen molar-refractivity contribution in [2.24, 2.45) is 0 Å². The third-order valence-corrected chi connectivity index (χ3v) is 2.43. The van der Waals surface area contributed by atoms with E-state index in [0.29, 0.717) is 18.5 Å². The van der Waals surface area contributed by atoms with Crippen LogP contribution in [-0.2, 0) is 11.3 Å². The third-order valence-electron chi connectivity index (χ3n) is 2.43. The molecule has 0 unspecified atom stereocenters. The Morgan fingerprint density at radius 3 is 2.45 bits per heavy atom. The Labute approximate surface area is 115 Å². The molecule has 0 aromatic heterocycles. The summed E-state index contributed by atoms with van der Waals surface area (Å²) in [5.41, 5.74) is 0.705. The second-order valence-electron chi connectivity index (χ2n) is 4.07. The summed E-state index contributed by atoms with van der Waals surface area (Å²) in [6.45, 7) is 3.62. The highest BCUT2D eigenvalue weighted by molar-refractivity contribution is 5.76. The van der Waals surface area contributed by atoms with Crippen molar-refractivity contribution < 1.29 is 22.7 Å². The van der Waals surface area contributed by atoms with Crippen LogP contribution in [-0.4, -0.2) is 25.4 Å². The van der Waals surface area contributed by atoms with Crippen LogP contribution in [0.4, 0.5) is 13.2 Å². The number of ether oxygens (including phenoxy) is 1. The highest BCUT2D eigenvalue weighted by Crippen LogP contribution is 2.22. The second kappa shape index (κ2) is 7.74. The third kappa shape index (κ3) is 6.98. The van der Waals surface area contributed by atoms with Crippen molar-refractivity contribution in [3.63, 3.8) is 0 Å². The number of carbonyl (C=O) groups is 1. The molecule has 0 spiro atoms. The van der Waals surface area contributed by atoms with Gasteiger partial charge in [-0.15, -0.1) is 13.2 Å². The lowest BCUT2D eigenvalue weighted by atomic mass is 10.2. The molecule has 0 saturated heterocycles. The highest BCUT2D eigenvalue weighted by atomic mass is 19.4. The summed E-state index contributed by atoms with van der Waals surface area (Å²) < 4.78 is 39.6. The molecule has 1 aromatic carbocycles. The second-order valence-corrected chi connectivity index (χ2v) is 4.07. The number of benzene rings is 1. The van der Waals surface area contributed by atoms with E-state index in [1.807, 2.05) is 6.92 Å². The van der Waals surface area contributed by atoms with Gasteiger partial charge >= 0.3 is 6.36 Å². The highest BCUT2D eigenvalue weighted by Gasteiger charge is 2.30. The van der Waals surface area contributed by atoms with E-state index in [1.165, 1.54) is 24.3 Å². The van der Waals surface area contributed by atoms with Crippen molar-refractivity contribution in [3.8, 4) is 5.75 Å². The first kappa shape index (κ1) is 16.3. The van der Waals surface area contributed by atoms with Crippen molar-refractivity contribution in [1.29, 1.82) is 0 Å². The average Bonchev–Trinajstić information content (AvgIpc) is 2.36. The molecular weight excluding hydrogens is 273 g/mol. The minimum absolute atomic E-state index is 0.110. The smallest absolute Gasteiger partial charge is 0.406 e. The number of nitrogens with one attached hydrogen (secondary N) is 2. The molecule has 4 nitrogen and oxygen atoms in total. The minimum atomic E-state index is -4.69. The SMILES string of the molecule is CCNCCC(=O)NCc1ccc(OC(F)(F)F)cc1. The van der Waals surface area contributed by atoms with Crippen molar-refractivity contribution in [2.75, 3.05) is 13.1 Å². The van der Waals surface area contributed by atoms with Crippen LogP contribution < -0.4 is 15.4 Å². The van der Waals surface area contributed by atoms with Gasteiger partial charge in [0.05, 0.1) is 0 Å². The van der Waals surface area contributed by atoms with Crippen molar-refractivity contribution in [1.82, 2.24) is 10.6 Å². The van der Waals surface area contributed by atoms with Crippen LogP contribution in [0.2, 0.25) is 0 Å². The zero-order chi connectivity index (χ0) is 15.0. The zero-order valence-electron chi connectivity index (χ0n) is 11.1. The Bertz CT molecular complexity index is 419. The van der Waals surface area contributed by atoms with Gasteiger partial charge in [0.1, 0.15) is 5.75 Å². The fourth-order valence-electron chi connectivity index (χ4n) is 1.48. The van der Waals surface area contributed by atoms with Crippen LogP contribution in [0.5, 0.6) is 5.75 Å². The molecule has 0 radical (unpaired) electrons. The molecule has 0 fully saturated rings. The molecule has 0 atom stereocenters. The molecule has 0 saturated carbocycles. The summed E-state index contributed by atoms with van der Waals surface area (Å²) in [6, 6.07) is 5.39. The summed E-state index contributed by atoms with van der Waals surface area (Å²) in [7, 11) is 0. The van der Waals surface area contributed by atoms with Gasteiger partial charge < -0.3 is 15.4 Å². The Hall–Kier alpha value is -1.76. The summed E-state index contributed by atoms with van der Waals surface area (Å²) in [5, 5.41) is 5.71. The predicted molar refractivity (Wildman–Crippen MR) is 68.1 cm³/mol. The van der Waals surface area contributed by atoms with E-state index in [2.05, 4.69) is 15.4 Å². The van der Waals surface area contributed by atoms with E-state index in [4.69, 9.17) is 0 Å². The summed E-state index contributed by atoms with van der Waals surface area (Å²) in [6.07, 6.45) is -4.33. The molecule has 0 aliphatic carbocycles. The number of rotatable bonds is 7.